The van der Waals surface area contributed by atoms with Gasteiger partial charge in [-0.05, 0) is 71.4 Å². The van der Waals surface area contributed by atoms with Gasteiger partial charge in [0.25, 0.3) is 0 Å². The Balaban J connectivity index is 1.60. The zero-order chi connectivity index (χ0) is 16.4. The third-order valence-electron chi connectivity index (χ3n) is 5.07. The molecule has 1 aromatic carbocycles. The second kappa shape index (κ2) is 6.69. The average molecular weight is 383 g/mol. The summed E-state index contributed by atoms with van der Waals surface area (Å²) >= 11 is 3.48. The predicted molar refractivity (Wildman–Crippen MR) is 91.7 cm³/mol. The number of hydrogen-bond donors (Lipinski definition) is 2. The predicted octanol–water partition coefficient (Wildman–Crippen LogP) is 2.47. The van der Waals surface area contributed by atoms with Gasteiger partial charge in [-0.25, -0.2) is 0 Å². The molecule has 1 spiro atoms. The highest BCUT2D eigenvalue weighted by atomic mass is 79.9. The Labute approximate surface area is 145 Å². The molecule has 126 valence electrons. The minimum Gasteiger partial charge on any atom is -0.493 e. The summed E-state index contributed by atoms with van der Waals surface area (Å²) in [4.78, 5) is 12.4. The van der Waals surface area contributed by atoms with Crippen molar-refractivity contribution in [2.75, 3.05) is 27.3 Å². The standard InChI is InChI=1S/C17H23BrN2O3/c1-22-14-8-11(7-13(18)15(14)23-2)10-20-16(21)12-9-17(12)3-5-19-6-4-17/h7-8,12,19H,3-6,9-10H2,1-2H3,(H,20,21). The van der Waals surface area contributed by atoms with Crippen molar-refractivity contribution in [3.8, 4) is 11.5 Å². The van der Waals surface area contributed by atoms with Gasteiger partial charge in [-0.1, -0.05) is 0 Å². The van der Waals surface area contributed by atoms with E-state index in [-0.39, 0.29) is 17.2 Å². The number of carbonyl (C=O) groups excluding carboxylic acids is 1. The summed E-state index contributed by atoms with van der Waals surface area (Å²) in [6, 6.07) is 3.85. The molecule has 1 amide bonds. The zero-order valence-corrected chi connectivity index (χ0v) is 15.2. The monoisotopic (exact) mass is 382 g/mol. The fraction of sp³-hybridized carbons (Fsp3) is 0.588. The Bertz CT molecular complexity index is 600. The van der Waals surface area contributed by atoms with E-state index < -0.39 is 0 Å². The van der Waals surface area contributed by atoms with E-state index in [2.05, 4.69) is 26.6 Å². The van der Waals surface area contributed by atoms with Gasteiger partial charge < -0.3 is 20.1 Å². The van der Waals surface area contributed by atoms with Crippen LogP contribution in [0.15, 0.2) is 16.6 Å². The first-order valence-electron chi connectivity index (χ1n) is 7.98. The van der Waals surface area contributed by atoms with Crippen molar-refractivity contribution in [2.45, 2.75) is 25.8 Å². The molecule has 2 aliphatic rings. The number of halogens is 1. The minimum atomic E-state index is 0.179. The fourth-order valence-corrected chi connectivity index (χ4v) is 4.23. The van der Waals surface area contributed by atoms with Crippen molar-refractivity contribution in [1.82, 2.24) is 10.6 Å². The van der Waals surface area contributed by atoms with E-state index >= 15 is 0 Å². The topological polar surface area (TPSA) is 59.6 Å². The average Bonchev–Trinajstić information content (AvgIpc) is 3.25. The summed E-state index contributed by atoms with van der Waals surface area (Å²) in [5.41, 5.74) is 1.26. The van der Waals surface area contributed by atoms with Gasteiger partial charge in [0.2, 0.25) is 5.91 Å². The summed E-state index contributed by atoms with van der Waals surface area (Å²) < 4.78 is 11.5. The molecular formula is C17H23BrN2O3. The maximum Gasteiger partial charge on any atom is 0.223 e. The van der Waals surface area contributed by atoms with E-state index in [1.165, 1.54) is 0 Å². The molecule has 0 aromatic heterocycles. The van der Waals surface area contributed by atoms with Gasteiger partial charge in [0, 0.05) is 12.5 Å². The van der Waals surface area contributed by atoms with Crippen LogP contribution in [0.5, 0.6) is 11.5 Å². The van der Waals surface area contributed by atoms with E-state index in [1.807, 2.05) is 12.1 Å². The number of ether oxygens (including phenoxy) is 2. The van der Waals surface area contributed by atoms with Gasteiger partial charge in [0.1, 0.15) is 0 Å². The van der Waals surface area contributed by atoms with E-state index in [9.17, 15) is 4.79 Å². The molecule has 1 unspecified atom stereocenters. The quantitative estimate of drug-likeness (QED) is 0.820. The number of amides is 1. The SMILES string of the molecule is COc1cc(CNC(=O)C2CC23CCNCC3)cc(Br)c1OC. The molecule has 1 saturated heterocycles. The van der Waals surface area contributed by atoms with Gasteiger partial charge in [0.05, 0.1) is 18.7 Å². The molecule has 23 heavy (non-hydrogen) atoms. The largest absolute Gasteiger partial charge is 0.493 e. The van der Waals surface area contributed by atoms with Crippen molar-refractivity contribution in [2.24, 2.45) is 11.3 Å². The highest BCUT2D eigenvalue weighted by molar-refractivity contribution is 9.10. The van der Waals surface area contributed by atoms with Crippen molar-refractivity contribution < 1.29 is 14.3 Å². The van der Waals surface area contributed by atoms with Gasteiger partial charge in [-0.15, -0.1) is 0 Å². The summed E-state index contributed by atoms with van der Waals surface area (Å²) in [6.45, 7) is 2.57. The Morgan fingerprint density at radius 1 is 1.35 bits per heavy atom. The normalized spacial score (nSPS) is 21.8. The lowest BCUT2D eigenvalue weighted by molar-refractivity contribution is -0.123. The first-order chi connectivity index (χ1) is 11.1. The van der Waals surface area contributed by atoms with Crippen LogP contribution >= 0.6 is 15.9 Å². The molecule has 5 nitrogen and oxygen atoms in total. The second-order valence-corrected chi connectivity index (χ2v) is 7.25. The Kier molecular flexibility index (Phi) is 4.82. The van der Waals surface area contributed by atoms with Crippen molar-refractivity contribution in [3.63, 3.8) is 0 Å². The third kappa shape index (κ3) is 3.33. The molecule has 1 aromatic rings. The number of benzene rings is 1. The van der Waals surface area contributed by atoms with Gasteiger partial charge in [-0.3, -0.25) is 4.79 Å². The lowest BCUT2D eigenvalue weighted by Gasteiger charge is -2.23. The van der Waals surface area contributed by atoms with Gasteiger partial charge in [-0.2, -0.15) is 0 Å². The molecule has 2 fully saturated rings. The lowest BCUT2D eigenvalue weighted by atomic mass is 9.92. The van der Waals surface area contributed by atoms with Crippen molar-refractivity contribution in [3.05, 3.63) is 22.2 Å². The maximum absolute atomic E-state index is 12.4. The summed E-state index contributed by atoms with van der Waals surface area (Å²) in [6.07, 6.45) is 3.27. The molecule has 3 rings (SSSR count). The van der Waals surface area contributed by atoms with Crippen LogP contribution in [0.1, 0.15) is 24.8 Å². The van der Waals surface area contributed by atoms with Crippen LogP contribution in [0.2, 0.25) is 0 Å². The first kappa shape index (κ1) is 16.6. The maximum atomic E-state index is 12.4. The molecule has 1 aliphatic heterocycles. The number of methoxy groups -OCH3 is 2. The summed E-state index contributed by atoms with van der Waals surface area (Å²) in [7, 11) is 3.22. The fourth-order valence-electron chi connectivity index (χ4n) is 3.58. The van der Waals surface area contributed by atoms with Crippen LogP contribution in [0.4, 0.5) is 0 Å². The Morgan fingerprint density at radius 2 is 2.09 bits per heavy atom. The molecule has 0 radical (unpaired) electrons. The first-order valence-corrected chi connectivity index (χ1v) is 8.78. The zero-order valence-electron chi connectivity index (χ0n) is 13.6. The number of nitrogens with one attached hydrogen (secondary N) is 2. The molecule has 1 saturated carbocycles. The van der Waals surface area contributed by atoms with Gasteiger partial charge in [0.15, 0.2) is 11.5 Å². The van der Waals surface area contributed by atoms with E-state index in [4.69, 9.17) is 9.47 Å². The van der Waals surface area contributed by atoms with E-state index in [1.54, 1.807) is 14.2 Å². The molecule has 1 aliphatic carbocycles. The smallest absolute Gasteiger partial charge is 0.223 e. The minimum absolute atomic E-state index is 0.179. The summed E-state index contributed by atoms with van der Waals surface area (Å²) in [5.74, 6) is 1.69. The Morgan fingerprint density at radius 3 is 2.74 bits per heavy atom. The third-order valence-corrected chi connectivity index (χ3v) is 5.65. The van der Waals surface area contributed by atoms with Crippen LogP contribution in [0.3, 0.4) is 0 Å². The number of piperidine rings is 1. The highest BCUT2D eigenvalue weighted by Gasteiger charge is 2.57. The van der Waals surface area contributed by atoms with Crippen LogP contribution < -0.4 is 20.1 Å². The molecule has 1 atom stereocenters. The number of rotatable bonds is 5. The van der Waals surface area contributed by atoms with E-state index in [0.717, 1.165) is 42.4 Å². The van der Waals surface area contributed by atoms with Crippen molar-refractivity contribution in [1.29, 1.82) is 0 Å². The second-order valence-electron chi connectivity index (χ2n) is 6.40. The molecule has 1 heterocycles. The molecule has 2 N–H and O–H groups in total. The molecule has 6 heteroatoms. The molecule has 0 bridgehead atoms. The summed E-state index contributed by atoms with van der Waals surface area (Å²) in [5, 5.41) is 6.44. The number of carbonyl (C=O) groups is 1. The van der Waals surface area contributed by atoms with E-state index in [0.29, 0.717) is 18.0 Å². The van der Waals surface area contributed by atoms with Gasteiger partial charge >= 0.3 is 0 Å². The Hall–Kier alpha value is -1.27. The highest BCUT2D eigenvalue weighted by Crippen LogP contribution is 2.58. The van der Waals surface area contributed by atoms with Crippen LogP contribution in [-0.2, 0) is 11.3 Å². The van der Waals surface area contributed by atoms with Crippen LogP contribution in [0.25, 0.3) is 0 Å². The van der Waals surface area contributed by atoms with Crippen LogP contribution in [-0.4, -0.2) is 33.2 Å². The molecular weight excluding hydrogens is 360 g/mol. The van der Waals surface area contributed by atoms with Crippen LogP contribution in [0, 0.1) is 11.3 Å². The number of hydrogen-bond acceptors (Lipinski definition) is 4. The van der Waals surface area contributed by atoms with Crippen molar-refractivity contribution >= 4 is 21.8 Å². The lowest BCUT2D eigenvalue weighted by Crippen LogP contribution is -2.33.